The molecule has 1 nitrogen and oxygen atoms in total. The van der Waals surface area contributed by atoms with Crippen molar-refractivity contribution >= 4 is 53.7 Å². The molecule has 0 spiro atoms. The van der Waals surface area contributed by atoms with Gasteiger partial charge in [0, 0.05) is 53.5 Å². The van der Waals surface area contributed by atoms with Crippen LogP contribution in [-0.4, -0.2) is 4.57 Å². The fraction of sp³-hybridized carbons (Fsp3) is 0.551. The average molecular weight is 1600 g/mol. The van der Waals surface area contributed by atoms with Crippen LogP contribution < -0.4 is 0 Å². The minimum Gasteiger partial charge on any atom is -0.340 e. The lowest BCUT2D eigenvalue weighted by Gasteiger charge is -2.34. The highest BCUT2D eigenvalue weighted by Gasteiger charge is 2.46. The van der Waals surface area contributed by atoms with Gasteiger partial charge in [0.25, 0.3) is 0 Å². The Hall–Kier alpha value is -5.48. The molecule has 3 aliphatic rings. The second kappa shape index (κ2) is 42.2. The molecule has 0 radical (unpaired) electrons. The van der Waals surface area contributed by atoms with E-state index in [-0.39, 0.29) is 16.2 Å². The van der Waals surface area contributed by atoms with Gasteiger partial charge in [-0.1, -0.05) is 416 Å². The van der Waals surface area contributed by atoms with Crippen molar-refractivity contribution in [1.29, 1.82) is 0 Å². The normalized spacial score (nSPS) is 14.0. The molecule has 0 unspecified atom stereocenters. The molecule has 0 saturated heterocycles. The molecular formula is C107H143Br2N. The molecule has 0 fully saturated rings. The Bertz CT molecular complexity index is 4310. The minimum atomic E-state index is -0.0737. The standard InChI is InChI=1S/C107H143Br2N/c1-8-15-22-29-36-43-66-105(67-44-37-30-23-16-9-2)97-74-82(81-55-64-103-95(73-81)96-79-87(108)57-65-104(96)110(103)72-49-42-35-28-21-14-7)50-58-89(97)90-59-51-83(75-98(90)105)84-52-60-91-92-61-53-85(77-100(92)106(99(91)76-84,68-45-38-31-24-17-10-3)69-46-39-32-25-18-11-4)86-54-62-93-94-63-56-88(109)80-102(94)107(101(93)78-86,70-47-40-33-26-19-12-5)71-48-41-34-27-20-13-6/h50-65,73-80H,8-49,66-72H2,1-7H3. The van der Waals surface area contributed by atoms with Gasteiger partial charge in [-0.3, -0.25) is 0 Å². The van der Waals surface area contributed by atoms with Crippen molar-refractivity contribution in [3.05, 3.63) is 188 Å². The Morgan fingerprint density at radius 2 is 0.418 bits per heavy atom. The Morgan fingerprint density at radius 1 is 0.209 bits per heavy atom. The number of aromatic nitrogens is 1. The first-order valence-corrected chi connectivity index (χ1v) is 48.0. The number of rotatable bonds is 52. The summed E-state index contributed by atoms with van der Waals surface area (Å²) in [5, 5.41) is 2.74. The van der Waals surface area contributed by atoms with Crippen molar-refractivity contribution in [3.8, 4) is 66.8 Å². The zero-order valence-corrected chi connectivity index (χ0v) is 73.4. The fourth-order valence-corrected chi connectivity index (χ4v) is 21.9. The number of aryl methyl sites for hydroxylation is 1. The van der Waals surface area contributed by atoms with Gasteiger partial charge in [-0.15, -0.1) is 0 Å². The molecule has 110 heavy (non-hydrogen) atoms. The Kier molecular flexibility index (Phi) is 32.2. The first-order chi connectivity index (χ1) is 54.1. The summed E-state index contributed by atoms with van der Waals surface area (Å²) in [6.07, 6.45) is 62.7. The molecule has 0 saturated carbocycles. The summed E-state index contributed by atoms with van der Waals surface area (Å²) in [5.74, 6) is 0. The number of nitrogens with zero attached hydrogens (tertiary/aromatic N) is 1. The summed E-state index contributed by atoms with van der Waals surface area (Å²) in [6, 6.07) is 61.3. The maximum atomic E-state index is 4.05. The third-order valence-corrected chi connectivity index (χ3v) is 28.3. The number of hydrogen-bond acceptors (Lipinski definition) is 0. The first kappa shape index (κ1) is 83.9. The van der Waals surface area contributed by atoms with Gasteiger partial charge in [-0.2, -0.15) is 0 Å². The first-order valence-electron chi connectivity index (χ1n) is 46.4. The topological polar surface area (TPSA) is 4.93 Å². The number of fused-ring (bicyclic) bond motifs is 12. The van der Waals surface area contributed by atoms with Crippen molar-refractivity contribution < 1.29 is 0 Å². The second-order valence-electron chi connectivity index (χ2n) is 35.2. The van der Waals surface area contributed by atoms with Gasteiger partial charge in [-0.05, 0) is 218 Å². The monoisotopic (exact) mass is 1600 g/mol. The third-order valence-electron chi connectivity index (χ3n) is 27.3. The molecule has 8 aromatic carbocycles. The minimum absolute atomic E-state index is 0.0122. The molecule has 0 N–H and O–H groups in total. The van der Waals surface area contributed by atoms with Crippen LogP contribution in [0.25, 0.3) is 88.6 Å². The van der Waals surface area contributed by atoms with E-state index in [0.29, 0.717) is 0 Å². The Labute approximate surface area is 687 Å². The second-order valence-corrected chi connectivity index (χ2v) is 37.0. The summed E-state index contributed by atoms with van der Waals surface area (Å²) >= 11 is 7.98. The number of halogens is 2. The molecule has 1 aromatic heterocycles. The van der Waals surface area contributed by atoms with E-state index in [4.69, 9.17) is 0 Å². The lowest BCUT2D eigenvalue weighted by Crippen LogP contribution is -2.26. The number of unbranched alkanes of at least 4 members (excludes halogenated alkanes) is 35. The van der Waals surface area contributed by atoms with Crippen LogP contribution in [0.1, 0.15) is 390 Å². The van der Waals surface area contributed by atoms with Crippen LogP contribution in [0, 0.1) is 0 Å². The van der Waals surface area contributed by atoms with E-state index in [1.54, 1.807) is 33.4 Å². The van der Waals surface area contributed by atoms with E-state index in [2.05, 4.69) is 230 Å². The van der Waals surface area contributed by atoms with Crippen molar-refractivity contribution in [1.82, 2.24) is 4.57 Å². The van der Waals surface area contributed by atoms with Gasteiger partial charge in [0.2, 0.25) is 0 Å². The predicted molar refractivity (Wildman–Crippen MR) is 491 cm³/mol. The summed E-state index contributed by atoms with van der Waals surface area (Å²) < 4.78 is 5.01. The van der Waals surface area contributed by atoms with Gasteiger partial charge in [0.1, 0.15) is 0 Å². The zero-order valence-electron chi connectivity index (χ0n) is 70.2. The van der Waals surface area contributed by atoms with E-state index >= 15 is 0 Å². The largest absolute Gasteiger partial charge is 0.340 e. The number of hydrogen-bond donors (Lipinski definition) is 0. The van der Waals surface area contributed by atoms with Gasteiger partial charge >= 0.3 is 0 Å². The summed E-state index contributed by atoms with van der Waals surface area (Å²) in [4.78, 5) is 0. The van der Waals surface area contributed by atoms with E-state index in [0.717, 1.165) is 11.0 Å². The van der Waals surface area contributed by atoms with Gasteiger partial charge in [0.05, 0.1) is 0 Å². The van der Waals surface area contributed by atoms with Gasteiger partial charge < -0.3 is 4.57 Å². The van der Waals surface area contributed by atoms with E-state index in [1.165, 1.54) is 401 Å². The molecule has 0 amide bonds. The van der Waals surface area contributed by atoms with Crippen LogP contribution in [0.15, 0.2) is 155 Å². The maximum absolute atomic E-state index is 4.05. The van der Waals surface area contributed by atoms with Crippen LogP contribution in [0.5, 0.6) is 0 Å². The average Bonchev–Trinajstić information content (AvgIpc) is 1.56. The van der Waals surface area contributed by atoms with Gasteiger partial charge in [0.15, 0.2) is 0 Å². The van der Waals surface area contributed by atoms with Gasteiger partial charge in [-0.25, -0.2) is 0 Å². The van der Waals surface area contributed by atoms with Crippen molar-refractivity contribution in [2.24, 2.45) is 0 Å². The Morgan fingerprint density at radius 3 is 0.718 bits per heavy atom. The van der Waals surface area contributed by atoms with Crippen molar-refractivity contribution in [2.45, 2.75) is 379 Å². The predicted octanol–water partition coefficient (Wildman–Crippen LogP) is 36.0. The van der Waals surface area contributed by atoms with Crippen LogP contribution >= 0.6 is 31.9 Å². The van der Waals surface area contributed by atoms with Crippen LogP contribution in [0.4, 0.5) is 0 Å². The van der Waals surface area contributed by atoms with E-state index in [9.17, 15) is 0 Å². The molecule has 12 rings (SSSR count). The van der Waals surface area contributed by atoms with E-state index in [1.807, 2.05) is 0 Å². The smallest absolute Gasteiger partial charge is 0.0492 e. The van der Waals surface area contributed by atoms with E-state index < -0.39 is 0 Å². The molecule has 0 bridgehead atoms. The molecule has 590 valence electrons. The fourth-order valence-electron chi connectivity index (χ4n) is 21.1. The van der Waals surface area contributed by atoms with Crippen molar-refractivity contribution in [2.75, 3.05) is 0 Å². The summed E-state index contributed by atoms with van der Waals surface area (Å²) in [6.45, 7) is 17.6. The molecule has 0 aliphatic heterocycles. The molecule has 1 heterocycles. The lowest BCUT2D eigenvalue weighted by molar-refractivity contribution is 0.397. The quantitative estimate of drug-likeness (QED) is 0.0335. The number of benzene rings is 8. The van der Waals surface area contributed by atoms with Crippen molar-refractivity contribution in [3.63, 3.8) is 0 Å². The highest BCUT2D eigenvalue weighted by atomic mass is 79.9. The Balaban J connectivity index is 0.958. The third kappa shape index (κ3) is 19.5. The SMILES string of the molecule is CCCCCCCCn1c2ccc(Br)cc2c2cc(-c3ccc4c(c3)C(CCCCCCCC)(CCCCCCCC)c3cc(-c5ccc6c(c5)C(CCCCCCCC)(CCCCCCCC)c5cc(-c7ccc8c(c7)C(CCCCCCCC)(CCCCCCCC)c7cc(Br)ccc7-8)ccc5-6)ccc3-4)ccc21. The lowest BCUT2D eigenvalue weighted by atomic mass is 9.69. The van der Waals surface area contributed by atoms with Crippen LogP contribution in [-0.2, 0) is 22.8 Å². The summed E-state index contributed by atoms with van der Waals surface area (Å²) in [5.41, 5.74) is 29.5. The highest BCUT2D eigenvalue weighted by Crippen LogP contribution is 2.60. The zero-order chi connectivity index (χ0) is 76.6. The highest BCUT2D eigenvalue weighted by molar-refractivity contribution is 9.10. The molecule has 3 heteroatoms. The summed E-state index contributed by atoms with van der Waals surface area (Å²) in [7, 11) is 0. The molecule has 0 atom stereocenters. The van der Waals surface area contributed by atoms with Crippen LogP contribution in [0.2, 0.25) is 0 Å². The molecule has 9 aromatic rings. The molecular weight excluding hydrogens is 1460 g/mol. The maximum Gasteiger partial charge on any atom is 0.0492 e. The molecule has 3 aliphatic carbocycles. The van der Waals surface area contributed by atoms with Crippen LogP contribution in [0.3, 0.4) is 0 Å².